The number of fused-ring (bicyclic) bond motifs is 7. The minimum Gasteiger partial charge on any atom is -0.292 e. The van der Waals surface area contributed by atoms with Gasteiger partial charge < -0.3 is 0 Å². The summed E-state index contributed by atoms with van der Waals surface area (Å²) < 4.78 is 19.0. The van der Waals surface area contributed by atoms with E-state index in [1.807, 2.05) is 43.4 Å². The van der Waals surface area contributed by atoms with Crippen LogP contribution in [-0.4, -0.2) is 9.55 Å². The molecule has 0 aliphatic heterocycles. The zero-order valence-corrected chi connectivity index (χ0v) is 22.3. The van der Waals surface area contributed by atoms with Gasteiger partial charge in [-0.1, -0.05) is 60.7 Å². The van der Waals surface area contributed by atoms with Gasteiger partial charge in [-0.2, -0.15) is 0 Å². The van der Waals surface area contributed by atoms with Crippen LogP contribution in [0.2, 0.25) is 0 Å². The molecule has 0 saturated heterocycles. The molecule has 0 bridgehead atoms. The van der Waals surface area contributed by atoms with Gasteiger partial charge in [0.05, 0.1) is 16.7 Å². The van der Waals surface area contributed by atoms with Crippen molar-refractivity contribution in [2.24, 2.45) is 0 Å². The third kappa shape index (κ3) is 3.28. The molecule has 8 aromatic rings. The fourth-order valence-corrected chi connectivity index (χ4v) is 7.40. The maximum Gasteiger partial charge on any atom is 0.147 e. The smallest absolute Gasteiger partial charge is 0.147 e. The maximum atomic E-state index is 14.3. The Bertz CT molecular complexity index is 2250. The SMILES string of the molecule is Cc1cc(F)cc(C)c1-n1c(-c2cccc3c2sc2cc4ccc5ccccc5c4cc23)nc2ccccc21. The van der Waals surface area contributed by atoms with E-state index < -0.39 is 0 Å². The number of halogens is 1. The lowest BCUT2D eigenvalue weighted by molar-refractivity contribution is 0.625. The van der Waals surface area contributed by atoms with Crippen molar-refractivity contribution in [2.45, 2.75) is 13.8 Å². The summed E-state index contributed by atoms with van der Waals surface area (Å²) in [6.45, 7) is 3.94. The van der Waals surface area contributed by atoms with Gasteiger partial charge in [-0.25, -0.2) is 9.37 Å². The molecule has 2 nitrogen and oxygen atoms in total. The monoisotopic (exact) mass is 522 g/mol. The Morgan fingerprint density at radius 2 is 1.41 bits per heavy atom. The molecule has 0 aliphatic carbocycles. The van der Waals surface area contributed by atoms with Gasteiger partial charge in [-0.15, -0.1) is 11.3 Å². The molecule has 2 aromatic heterocycles. The second-order valence-corrected chi connectivity index (χ2v) is 11.3. The summed E-state index contributed by atoms with van der Waals surface area (Å²) in [7, 11) is 0. The minimum absolute atomic E-state index is 0.217. The molecule has 0 amide bonds. The van der Waals surface area contributed by atoms with Gasteiger partial charge in [0.2, 0.25) is 0 Å². The van der Waals surface area contributed by atoms with E-state index in [1.165, 1.54) is 41.7 Å². The van der Waals surface area contributed by atoms with Crippen molar-refractivity contribution in [1.29, 1.82) is 0 Å². The van der Waals surface area contributed by atoms with E-state index in [0.717, 1.165) is 39.2 Å². The highest BCUT2D eigenvalue weighted by Crippen LogP contribution is 2.43. The summed E-state index contributed by atoms with van der Waals surface area (Å²) in [5.74, 6) is 0.659. The second kappa shape index (κ2) is 8.23. The highest BCUT2D eigenvalue weighted by molar-refractivity contribution is 7.26. The summed E-state index contributed by atoms with van der Waals surface area (Å²) in [6, 6.07) is 35.6. The lowest BCUT2D eigenvalue weighted by Gasteiger charge is -2.16. The first kappa shape index (κ1) is 22.4. The number of imidazole rings is 1. The molecule has 6 aromatic carbocycles. The first-order valence-electron chi connectivity index (χ1n) is 13.1. The molecule has 2 heterocycles. The van der Waals surface area contributed by atoms with Crippen molar-refractivity contribution >= 4 is 64.1 Å². The number of rotatable bonds is 2. The van der Waals surface area contributed by atoms with Gasteiger partial charge >= 0.3 is 0 Å². The Hall–Kier alpha value is -4.54. The van der Waals surface area contributed by atoms with Gasteiger partial charge in [0.1, 0.15) is 11.6 Å². The first-order valence-corrected chi connectivity index (χ1v) is 13.9. The Labute approximate surface area is 228 Å². The molecule has 0 aliphatic rings. The normalized spacial score (nSPS) is 12.0. The van der Waals surface area contributed by atoms with Crippen molar-refractivity contribution in [2.75, 3.05) is 0 Å². The van der Waals surface area contributed by atoms with Crippen LogP contribution in [0.15, 0.2) is 103 Å². The molecule has 0 fully saturated rings. The zero-order valence-electron chi connectivity index (χ0n) is 21.5. The number of benzene rings is 6. The molecule has 39 heavy (non-hydrogen) atoms. The summed E-state index contributed by atoms with van der Waals surface area (Å²) in [5.41, 5.74) is 5.78. The molecule has 4 heteroatoms. The lowest BCUT2D eigenvalue weighted by Crippen LogP contribution is -2.03. The third-order valence-electron chi connectivity index (χ3n) is 7.84. The van der Waals surface area contributed by atoms with Crippen LogP contribution in [-0.2, 0) is 0 Å². The Morgan fingerprint density at radius 1 is 0.667 bits per heavy atom. The van der Waals surface area contributed by atoms with Crippen LogP contribution in [0.3, 0.4) is 0 Å². The molecular weight excluding hydrogens is 499 g/mol. The van der Waals surface area contributed by atoms with E-state index in [9.17, 15) is 4.39 Å². The quantitative estimate of drug-likeness (QED) is 0.207. The van der Waals surface area contributed by atoms with Crippen LogP contribution in [0, 0.1) is 19.7 Å². The van der Waals surface area contributed by atoms with E-state index in [-0.39, 0.29) is 5.82 Å². The molecule has 0 N–H and O–H groups in total. The van der Waals surface area contributed by atoms with Crippen molar-refractivity contribution < 1.29 is 4.39 Å². The van der Waals surface area contributed by atoms with E-state index in [2.05, 4.69) is 77.4 Å². The van der Waals surface area contributed by atoms with Crippen LogP contribution in [0.4, 0.5) is 4.39 Å². The Balaban J connectivity index is 1.47. The molecule has 0 unspecified atom stereocenters. The fourth-order valence-electron chi connectivity index (χ4n) is 6.16. The highest BCUT2D eigenvalue weighted by atomic mass is 32.1. The standard InChI is InChI=1S/C35H23FN2S/c1-20-16-24(36)17-21(2)33(20)38-31-13-6-5-12-30(31)37-35(38)27-11-7-10-26-29-19-28-23(18-32(29)39-34(26)27)15-14-22-8-3-4-9-25(22)28/h3-19H,1-2H3. The first-order chi connectivity index (χ1) is 19.1. The van der Waals surface area contributed by atoms with Crippen LogP contribution in [0.25, 0.3) is 69.8 Å². The fraction of sp³-hybridized carbons (Fsp3) is 0.0571. The van der Waals surface area contributed by atoms with Gasteiger partial charge in [-0.3, -0.25) is 4.57 Å². The molecule has 186 valence electrons. The molecular formula is C35H23FN2S. The van der Waals surface area contributed by atoms with E-state index in [1.54, 1.807) is 12.1 Å². The number of para-hydroxylation sites is 2. The predicted molar refractivity (Wildman–Crippen MR) is 164 cm³/mol. The van der Waals surface area contributed by atoms with Crippen molar-refractivity contribution in [3.05, 3.63) is 120 Å². The predicted octanol–water partition coefficient (Wildman–Crippen LogP) is 10.1. The molecule has 0 atom stereocenters. The summed E-state index contributed by atoms with van der Waals surface area (Å²) in [4.78, 5) is 5.16. The van der Waals surface area contributed by atoms with Gasteiger partial charge in [0.15, 0.2) is 0 Å². The average Bonchev–Trinajstić information content (AvgIpc) is 3.49. The zero-order chi connectivity index (χ0) is 26.2. The highest BCUT2D eigenvalue weighted by Gasteiger charge is 2.21. The number of hydrogen-bond acceptors (Lipinski definition) is 2. The number of thiophene rings is 1. The third-order valence-corrected chi connectivity index (χ3v) is 9.05. The number of hydrogen-bond donors (Lipinski definition) is 0. The van der Waals surface area contributed by atoms with Crippen molar-refractivity contribution in [3.8, 4) is 17.1 Å². The second-order valence-electron chi connectivity index (χ2n) is 10.3. The Kier molecular flexibility index (Phi) is 4.73. The van der Waals surface area contributed by atoms with Crippen molar-refractivity contribution in [1.82, 2.24) is 9.55 Å². The van der Waals surface area contributed by atoms with E-state index >= 15 is 0 Å². The van der Waals surface area contributed by atoms with Crippen LogP contribution >= 0.6 is 11.3 Å². The van der Waals surface area contributed by atoms with Crippen molar-refractivity contribution in [3.63, 3.8) is 0 Å². The largest absolute Gasteiger partial charge is 0.292 e. The lowest BCUT2D eigenvalue weighted by atomic mass is 9.99. The summed E-state index contributed by atoms with van der Waals surface area (Å²) in [5, 5.41) is 7.54. The number of nitrogens with zero attached hydrogens (tertiary/aromatic N) is 2. The number of aromatic nitrogens is 2. The Morgan fingerprint density at radius 3 is 2.28 bits per heavy atom. The molecule has 0 spiro atoms. The maximum absolute atomic E-state index is 14.3. The van der Waals surface area contributed by atoms with E-state index in [4.69, 9.17) is 4.98 Å². The minimum atomic E-state index is -0.217. The molecule has 0 radical (unpaired) electrons. The summed E-state index contributed by atoms with van der Waals surface area (Å²) >= 11 is 1.81. The van der Waals surface area contributed by atoms with E-state index in [0.29, 0.717) is 0 Å². The van der Waals surface area contributed by atoms with Gasteiger partial charge in [0, 0.05) is 25.7 Å². The van der Waals surface area contributed by atoms with Crippen LogP contribution in [0.5, 0.6) is 0 Å². The van der Waals surface area contributed by atoms with Gasteiger partial charge in [0.25, 0.3) is 0 Å². The van der Waals surface area contributed by atoms with Crippen LogP contribution in [0.1, 0.15) is 11.1 Å². The molecule has 8 rings (SSSR count). The number of aryl methyl sites for hydroxylation is 2. The summed E-state index contributed by atoms with van der Waals surface area (Å²) in [6.07, 6.45) is 0. The average molecular weight is 523 g/mol. The van der Waals surface area contributed by atoms with Gasteiger partial charge in [-0.05, 0) is 89.0 Å². The molecule has 0 saturated carbocycles. The topological polar surface area (TPSA) is 17.8 Å². The van der Waals surface area contributed by atoms with Crippen LogP contribution < -0.4 is 0 Å².